The molecule has 1 rings (SSSR count). The number of amides is 3. The normalized spacial score (nSPS) is 10.1. The van der Waals surface area contributed by atoms with Crippen molar-refractivity contribution in [2.24, 2.45) is 0 Å². The third-order valence-corrected chi connectivity index (χ3v) is 3.10. The second-order valence-electron chi connectivity index (χ2n) is 5.04. The Morgan fingerprint density at radius 1 is 1.09 bits per heavy atom. The zero-order chi connectivity index (χ0) is 17.2. The summed E-state index contributed by atoms with van der Waals surface area (Å²) in [4.78, 5) is 34.2. The largest absolute Gasteiger partial charge is 0.494 e. The van der Waals surface area contributed by atoms with E-state index in [4.69, 9.17) is 4.74 Å². The van der Waals surface area contributed by atoms with Crippen LogP contribution in [0, 0.1) is 0 Å². The van der Waals surface area contributed by atoms with E-state index in [2.05, 4.69) is 32.1 Å². The number of carbonyl (C=O) groups is 3. The molecule has 0 bridgehead atoms. The third kappa shape index (κ3) is 8.20. The fourth-order valence-electron chi connectivity index (χ4n) is 1.53. The topological polar surface area (TPSA) is 96.5 Å². The van der Waals surface area contributed by atoms with E-state index >= 15 is 0 Å². The van der Waals surface area contributed by atoms with Crippen LogP contribution in [0.2, 0.25) is 0 Å². The van der Waals surface area contributed by atoms with Gasteiger partial charge < -0.3 is 10.1 Å². The second kappa shape index (κ2) is 9.83. The number of hydrogen-bond donors (Lipinski definition) is 3. The molecule has 0 unspecified atom stereocenters. The van der Waals surface area contributed by atoms with Gasteiger partial charge in [0.1, 0.15) is 5.75 Å². The monoisotopic (exact) mass is 385 g/mol. The lowest BCUT2D eigenvalue weighted by atomic mass is 10.3. The van der Waals surface area contributed by atoms with Crippen LogP contribution in [-0.4, -0.2) is 30.4 Å². The Balaban J connectivity index is 2.16. The van der Waals surface area contributed by atoms with Crippen molar-refractivity contribution in [2.75, 3.05) is 6.61 Å². The van der Waals surface area contributed by atoms with Gasteiger partial charge in [0, 0.05) is 16.9 Å². The number of benzene rings is 1. The lowest BCUT2D eigenvalue weighted by Gasteiger charge is -2.10. The molecule has 3 N–H and O–H groups in total. The first kappa shape index (κ1) is 19.0. The number of ether oxygens (including phenoxy) is 1. The fourth-order valence-corrected chi connectivity index (χ4v) is 1.79. The first-order valence-electron chi connectivity index (χ1n) is 7.16. The molecule has 0 aliphatic carbocycles. The van der Waals surface area contributed by atoms with Gasteiger partial charge in [-0.15, -0.1) is 0 Å². The average Bonchev–Trinajstić information content (AvgIpc) is 2.50. The molecule has 0 heterocycles. The van der Waals surface area contributed by atoms with Gasteiger partial charge in [0.05, 0.1) is 6.61 Å². The molecule has 1 aromatic carbocycles. The number of carbonyl (C=O) groups excluding carboxylic acids is 3. The predicted octanol–water partition coefficient (Wildman–Crippen LogP) is 1.28. The van der Waals surface area contributed by atoms with E-state index in [1.807, 2.05) is 24.3 Å². The molecule has 3 amide bonds. The highest BCUT2D eigenvalue weighted by molar-refractivity contribution is 9.10. The summed E-state index contributed by atoms with van der Waals surface area (Å²) in [5.41, 5.74) is 4.24. The van der Waals surface area contributed by atoms with Crippen LogP contribution >= 0.6 is 15.9 Å². The molecule has 126 valence electrons. The molecule has 0 aromatic heterocycles. The highest BCUT2D eigenvalue weighted by Crippen LogP contribution is 2.16. The number of rotatable bonds is 6. The first-order valence-corrected chi connectivity index (χ1v) is 7.96. The average molecular weight is 386 g/mol. The van der Waals surface area contributed by atoms with E-state index in [1.165, 1.54) is 0 Å². The molecule has 0 radical (unpaired) electrons. The lowest BCUT2D eigenvalue weighted by molar-refractivity contribution is -0.141. The molecule has 0 aliphatic rings. The minimum atomic E-state index is -0.904. The van der Waals surface area contributed by atoms with E-state index in [-0.39, 0.29) is 12.5 Å². The third-order valence-electron chi connectivity index (χ3n) is 2.57. The van der Waals surface area contributed by atoms with Crippen molar-refractivity contribution in [3.63, 3.8) is 0 Å². The highest BCUT2D eigenvalue weighted by atomic mass is 79.9. The maximum absolute atomic E-state index is 11.5. The molecule has 0 atom stereocenters. The Hall–Kier alpha value is -2.09. The van der Waals surface area contributed by atoms with Gasteiger partial charge in [0.2, 0.25) is 5.91 Å². The predicted molar refractivity (Wildman–Crippen MR) is 88.4 cm³/mol. The second-order valence-corrected chi connectivity index (χ2v) is 5.95. The van der Waals surface area contributed by atoms with Gasteiger partial charge in [-0.2, -0.15) is 0 Å². The maximum atomic E-state index is 11.5. The molecule has 1 aromatic rings. The zero-order valence-electron chi connectivity index (χ0n) is 13.0. The van der Waals surface area contributed by atoms with Crippen LogP contribution in [0.1, 0.15) is 26.7 Å². The summed E-state index contributed by atoms with van der Waals surface area (Å²) < 4.78 is 6.43. The zero-order valence-corrected chi connectivity index (χ0v) is 14.6. The number of hydrogen-bond acceptors (Lipinski definition) is 4. The van der Waals surface area contributed by atoms with Crippen LogP contribution in [0.25, 0.3) is 0 Å². The van der Waals surface area contributed by atoms with E-state index in [1.54, 1.807) is 13.8 Å². The molecule has 8 heteroatoms. The maximum Gasteiger partial charge on any atom is 0.327 e. The van der Waals surface area contributed by atoms with Crippen LogP contribution in [-0.2, 0) is 14.4 Å². The van der Waals surface area contributed by atoms with Crippen LogP contribution in [0.3, 0.4) is 0 Å². The molecule has 0 fully saturated rings. The van der Waals surface area contributed by atoms with Crippen molar-refractivity contribution in [1.29, 1.82) is 0 Å². The molecule has 0 saturated carbocycles. The van der Waals surface area contributed by atoms with Gasteiger partial charge in [-0.1, -0.05) is 15.9 Å². The van der Waals surface area contributed by atoms with Gasteiger partial charge in [-0.05, 0) is 44.5 Å². The summed E-state index contributed by atoms with van der Waals surface area (Å²) in [7, 11) is 0. The summed E-state index contributed by atoms with van der Waals surface area (Å²) >= 11 is 3.33. The Bertz CT molecular complexity index is 546. The number of hydrazine groups is 1. The van der Waals surface area contributed by atoms with Crippen LogP contribution in [0.15, 0.2) is 28.7 Å². The quantitative estimate of drug-likeness (QED) is 0.390. The summed E-state index contributed by atoms with van der Waals surface area (Å²) in [6.45, 7) is 3.83. The molecular weight excluding hydrogens is 366 g/mol. The van der Waals surface area contributed by atoms with E-state index < -0.39 is 17.7 Å². The van der Waals surface area contributed by atoms with Crippen molar-refractivity contribution < 1.29 is 19.1 Å². The van der Waals surface area contributed by atoms with Gasteiger partial charge in [0.25, 0.3) is 0 Å². The van der Waals surface area contributed by atoms with E-state index in [0.717, 1.165) is 4.47 Å². The molecule has 7 nitrogen and oxygen atoms in total. The van der Waals surface area contributed by atoms with Crippen LogP contribution < -0.4 is 20.9 Å². The van der Waals surface area contributed by atoms with Crippen molar-refractivity contribution in [1.82, 2.24) is 16.2 Å². The Morgan fingerprint density at radius 3 is 2.35 bits per heavy atom. The Labute approximate surface area is 143 Å². The summed E-state index contributed by atoms with van der Waals surface area (Å²) in [5.74, 6) is -1.38. The minimum Gasteiger partial charge on any atom is -0.494 e. The van der Waals surface area contributed by atoms with Crippen molar-refractivity contribution >= 4 is 33.7 Å². The van der Waals surface area contributed by atoms with Gasteiger partial charge in [-0.3, -0.25) is 25.2 Å². The number of nitrogens with one attached hydrogen (secondary N) is 3. The van der Waals surface area contributed by atoms with Crippen LogP contribution in [0.4, 0.5) is 0 Å². The smallest absolute Gasteiger partial charge is 0.327 e. The summed E-state index contributed by atoms with van der Waals surface area (Å²) in [6, 6.07) is 7.20. The summed E-state index contributed by atoms with van der Waals surface area (Å²) in [5, 5.41) is 2.42. The standard InChI is InChI=1S/C15H20BrN3O4/c1-10(2)17-14(21)15(22)19-18-13(20)4-3-9-23-12-7-5-11(16)6-8-12/h5-8,10H,3-4,9H2,1-2H3,(H,17,21)(H,18,20)(H,19,22). The fraction of sp³-hybridized carbons (Fsp3) is 0.400. The molecular formula is C15H20BrN3O4. The Kier molecular flexibility index (Phi) is 8.10. The summed E-state index contributed by atoms with van der Waals surface area (Å²) in [6.07, 6.45) is 0.651. The van der Waals surface area contributed by atoms with Crippen LogP contribution in [0.5, 0.6) is 5.75 Å². The lowest BCUT2D eigenvalue weighted by Crippen LogP contribution is -2.49. The molecule has 0 saturated heterocycles. The first-order chi connectivity index (χ1) is 10.9. The van der Waals surface area contributed by atoms with E-state index in [0.29, 0.717) is 18.8 Å². The molecule has 0 aliphatic heterocycles. The molecule has 0 spiro atoms. The van der Waals surface area contributed by atoms with Gasteiger partial charge in [-0.25, -0.2) is 0 Å². The Morgan fingerprint density at radius 2 is 1.74 bits per heavy atom. The number of halogens is 1. The van der Waals surface area contributed by atoms with Crippen molar-refractivity contribution in [3.05, 3.63) is 28.7 Å². The SMILES string of the molecule is CC(C)NC(=O)C(=O)NNC(=O)CCCOc1ccc(Br)cc1. The van der Waals surface area contributed by atoms with Crippen molar-refractivity contribution in [3.8, 4) is 5.75 Å². The van der Waals surface area contributed by atoms with Crippen molar-refractivity contribution in [2.45, 2.75) is 32.7 Å². The van der Waals surface area contributed by atoms with Gasteiger partial charge in [0.15, 0.2) is 0 Å². The van der Waals surface area contributed by atoms with E-state index in [9.17, 15) is 14.4 Å². The van der Waals surface area contributed by atoms with Gasteiger partial charge >= 0.3 is 11.8 Å². The molecule has 23 heavy (non-hydrogen) atoms. The minimum absolute atomic E-state index is 0.153. The highest BCUT2D eigenvalue weighted by Gasteiger charge is 2.14.